The van der Waals surface area contributed by atoms with Gasteiger partial charge in [0, 0.05) is 30.1 Å². The van der Waals surface area contributed by atoms with Gasteiger partial charge in [-0.15, -0.1) is 0 Å². The zero-order valence-corrected chi connectivity index (χ0v) is 16.2. The standard InChI is InChI=1S/C22H25FN2O3/c1-15(19-5-3-4-6-20(19)28-2)24-21(26)16-11-13-25(14-12-16)22(27)17-7-9-18(23)10-8-17/h3-10,15-16H,11-14H2,1-2H3,(H,24,26). The maximum absolute atomic E-state index is 13.0. The summed E-state index contributed by atoms with van der Waals surface area (Å²) in [6.07, 6.45) is 1.22. The van der Waals surface area contributed by atoms with Gasteiger partial charge in [-0.05, 0) is 50.1 Å². The first-order valence-corrected chi connectivity index (χ1v) is 9.47. The molecule has 3 rings (SSSR count). The van der Waals surface area contributed by atoms with Gasteiger partial charge in [-0.25, -0.2) is 4.39 Å². The van der Waals surface area contributed by atoms with Gasteiger partial charge in [0.25, 0.3) is 5.91 Å². The SMILES string of the molecule is COc1ccccc1C(C)NC(=O)C1CCN(C(=O)c2ccc(F)cc2)CC1. The first-order valence-electron chi connectivity index (χ1n) is 9.47. The van der Waals surface area contributed by atoms with E-state index in [1.165, 1.54) is 24.3 Å². The van der Waals surface area contributed by atoms with E-state index in [4.69, 9.17) is 4.74 Å². The lowest BCUT2D eigenvalue weighted by Gasteiger charge is -2.32. The fourth-order valence-corrected chi connectivity index (χ4v) is 3.55. The van der Waals surface area contributed by atoms with Crippen LogP contribution in [0.3, 0.4) is 0 Å². The van der Waals surface area contributed by atoms with Crippen LogP contribution in [0.15, 0.2) is 48.5 Å². The summed E-state index contributed by atoms with van der Waals surface area (Å²) in [5, 5.41) is 3.06. The van der Waals surface area contributed by atoms with Crippen LogP contribution in [0.1, 0.15) is 41.7 Å². The number of nitrogens with zero attached hydrogens (tertiary/aromatic N) is 1. The summed E-state index contributed by atoms with van der Waals surface area (Å²) in [4.78, 5) is 26.9. The number of hydrogen-bond acceptors (Lipinski definition) is 3. The lowest BCUT2D eigenvalue weighted by molar-refractivity contribution is -0.127. The van der Waals surface area contributed by atoms with Crippen molar-refractivity contribution in [3.8, 4) is 5.75 Å². The van der Waals surface area contributed by atoms with Crippen LogP contribution in [0.5, 0.6) is 5.75 Å². The molecule has 5 nitrogen and oxygen atoms in total. The summed E-state index contributed by atoms with van der Waals surface area (Å²) in [5.41, 5.74) is 1.40. The highest BCUT2D eigenvalue weighted by atomic mass is 19.1. The highest BCUT2D eigenvalue weighted by Gasteiger charge is 2.28. The molecule has 1 fully saturated rings. The minimum atomic E-state index is -0.365. The predicted molar refractivity (Wildman–Crippen MR) is 105 cm³/mol. The van der Waals surface area contributed by atoms with E-state index in [1.807, 2.05) is 31.2 Å². The van der Waals surface area contributed by atoms with E-state index in [9.17, 15) is 14.0 Å². The van der Waals surface area contributed by atoms with Gasteiger partial charge < -0.3 is 15.0 Å². The molecule has 1 atom stereocenters. The van der Waals surface area contributed by atoms with Crippen LogP contribution in [0, 0.1) is 11.7 Å². The molecule has 28 heavy (non-hydrogen) atoms. The Morgan fingerprint density at radius 3 is 2.39 bits per heavy atom. The van der Waals surface area contributed by atoms with Gasteiger partial charge in [-0.2, -0.15) is 0 Å². The van der Waals surface area contributed by atoms with Gasteiger partial charge in [0.1, 0.15) is 11.6 Å². The zero-order valence-electron chi connectivity index (χ0n) is 16.2. The molecule has 6 heteroatoms. The van der Waals surface area contributed by atoms with Crippen molar-refractivity contribution in [2.24, 2.45) is 5.92 Å². The highest BCUT2D eigenvalue weighted by molar-refractivity contribution is 5.94. The van der Waals surface area contributed by atoms with Crippen molar-refractivity contribution in [1.82, 2.24) is 10.2 Å². The molecule has 1 N–H and O–H groups in total. The number of likely N-dealkylation sites (tertiary alicyclic amines) is 1. The van der Waals surface area contributed by atoms with Crippen LogP contribution in [-0.4, -0.2) is 36.9 Å². The Labute approximate surface area is 164 Å². The van der Waals surface area contributed by atoms with Crippen LogP contribution < -0.4 is 10.1 Å². The smallest absolute Gasteiger partial charge is 0.253 e. The molecule has 0 aliphatic carbocycles. The van der Waals surface area contributed by atoms with Crippen LogP contribution >= 0.6 is 0 Å². The minimum Gasteiger partial charge on any atom is -0.496 e. The van der Waals surface area contributed by atoms with E-state index in [2.05, 4.69) is 5.32 Å². The maximum atomic E-state index is 13.0. The monoisotopic (exact) mass is 384 g/mol. The van der Waals surface area contributed by atoms with Crippen LogP contribution in [0.25, 0.3) is 0 Å². The number of carbonyl (C=O) groups excluding carboxylic acids is 2. The number of methoxy groups -OCH3 is 1. The number of amides is 2. The molecule has 0 aromatic heterocycles. The molecule has 1 heterocycles. The Kier molecular flexibility index (Phi) is 6.29. The molecule has 1 aliphatic heterocycles. The normalized spacial score (nSPS) is 15.8. The third kappa shape index (κ3) is 4.50. The largest absolute Gasteiger partial charge is 0.496 e. The van der Waals surface area contributed by atoms with Crippen molar-refractivity contribution in [2.45, 2.75) is 25.8 Å². The van der Waals surface area contributed by atoms with Gasteiger partial charge in [-0.1, -0.05) is 18.2 Å². The number of carbonyl (C=O) groups is 2. The molecule has 1 saturated heterocycles. The molecule has 1 unspecified atom stereocenters. The van der Waals surface area contributed by atoms with Crippen molar-refractivity contribution in [2.75, 3.05) is 20.2 Å². The van der Waals surface area contributed by atoms with Crippen molar-refractivity contribution >= 4 is 11.8 Å². The molecule has 2 aromatic rings. The molecule has 0 bridgehead atoms. The summed E-state index contributed by atoms with van der Waals surface area (Å²) in [6.45, 7) is 2.96. The Morgan fingerprint density at radius 2 is 1.75 bits per heavy atom. The number of hydrogen-bond donors (Lipinski definition) is 1. The van der Waals surface area contributed by atoms with Crippen molar-refractivity contribution in [3.05, 3.63) is 65.5 Å². The molecule has 0 spiro atoms. The fraction of sp³-hybridized carbons (Fsp3) is 0.364. The third-order valence-corrected chi connectivity index (χ3v) is 5.21. The summed E-state index contributed by atoms with van der Waals surface area (Å²) >= 11 is 0. The Hall–Kier alpha value is -2.89. The van der Waals surface area contributed by atoms with E-state index >= 15 is 0 Å². The van der Waals surface area contributed by atoms with Crippen LogP contribution in [-0.2, 0) is 4.79 Å². The lowest BCUT2D eigenvalue weighted by atomic mass is 9.94. The van der Waals surface area contributed by atoms with Crippen LogP contribution in [0.2, 0.25) is 0 Å². The molecule has 1 aliphatic rings. The van der Waals surface area contributed by atoms with E-state index in [0.717, 1.165) is 11.3 Å². The fourth-order valence-electron chi connectivity index (χ4n) is 3.55. The number of halogens is 1. The molecule has 2 amide bonds. The van der Waals surface area contributed by atoms with Crippen molar-refractivity contribution in [3.63, 3.8) is 0 Å². The number of piperidine rings is 1. The highest BCUT2D eigenvalue weighted by Crippen LogP contribution is 2.26. The lowest BCUT2D eigenvalue weighted by Crippen LogP contribution is -2.43. The first-order chi connectivity index (χ1) is 13.5. The molecule has 0 saturated carbocycles. The van der Waals surface area contributed by atoms with Gasteiger partial charge in [-0.3, -0.25) is 9.59 Å². The van der Waals surface area contributed by atoms with E-state index in [-0.39, 0.29) is 29.6 Å². The van der Waals surface area contributed by atoms with Gasteiger partial charge in [0.2, 0.25) is 5.91 Å². The summed E-state index contributed by atoms with van der Waals surface area (Å²) < 4.78 is 18.4. The van der Waals surface area contributed by atoms with E-state index < -0.39 is 0 Å². The number of benzene rings is 2. The topological polar surface area (TPSA) is 58.6 Å². The first kappa shape index (κ1) is 19.9. The predicted octanol–water partition coefficient (Wildman–Crippen LogP) is 3.56. The summed E-state index contributed by atoms with van der Waals surface area (Å²) in [7, 11) is 1.61. The van der Waals surface area contributed by atoms with Gasteiger partial charge in [0.05, 0.1) is 13.2 Å². The Balaban J connectivity index is 1.55. The number of nitrogens with one attached hydrogen (secondary N) is 1. The summed E-state index contributed by atoms with van der Waals surface area (Å²) in [6, 6.07) is 13.0. The second kappa shape index (κ2) is 8.87. The number of rotatable bonds is 5. The Morgan fingerprint density at radius 1 is 1.11 bits per heavy atom. The Bertz CT molecular complexity index is 830. The second-order valence-corrected chi connectivity index (χ2v) is 7.05. The zero-order chi connectivity index (χ0) is 20.1. The van der Waals surface area contributed by atoms with Gasteiger partial charge in [0.15, 0.2) is 0 Å². The van der Waals surface area contributed by atoms with Crippen molar-refractivity contribution in [1.29, 1.82) is 0 Å². The van der Waals surface area contributed by atoms with E-state index in [1.54, 1.807) is 12.0 Å². The van der Waals surface area contributed by atoms with E-state index in [0.29, 0.717) is 31.5 Å². The number of para-hydroxylation sites is 1. The molecular weight excluding hydrogens is 359 g/mol. The summed E-state index contributed by atoms with van der Waals surface area (Å²) in [5.74, 6) is 0.120. The average Bonchev–Trinajstić information content (AvgIpc) is 2.73. The van der Waals surface area contributed by atoms with Crippen LogP contribution in [0.4, 0.5) is 4.39 Å². The molecule has 0 radical (unpaired) electrons. The average molecular weight is 384 g/mol. The quantitative estimate of drug-likeness (QED) is 0.858. The molecular formula is C22H25FN2O3. The molecule has 2 aromatic carbocycles. The number of ether oxygens (including phenoxy) is 1. The maximum Gasteiger partial charge on any atom is 0.253 e. The molecule has 148 valence electrons. The third-order valence-electron chi connectivity index (χ3n) is 5.21. The van der Waals surface area contributed by atoms with Gasteiger partial charge >= 0.3 is 0 Å². The second-order valence-electron chi connectivity index (χ2n) is 7.05. The van der Waals surface area contributed by atoms with Crippen molar-refractivity contribution < 1.29 is 18.7 Å². The minimum absolute atomic E-state index is 0.00714.